The van der Waals surface area contributed by atoms with E-state index in [1.165, 1.54) is 11.8 Å². The number of hydrogen-bond acceptors (Lipinski definition) is 7. The van der Waals surface area contributed by atoms with Crippen LogP contribution in [-0.4, -0.2) is 44.4 Å². The lowest BCUT2D eigenvalue weighted by Gasteiger charge is -2.11. The Morgan fingerprint density at radius 3 is 2.47 bits per heavy atom. The normalized spacial score (nSPS) is 10.5. The third-order valence-electron chi connectivity index (χ3n) is 4.64. The van der Waals surface area contributed by atoms with Crippen molar-refractivity contribution in [1.82, 2.24) is 30.6 Å². The Morgan fingerprint density at radius 2 is 1.79 bits per heavy atom. The second-order valence-electron chi connectivity index (χ2n) is 6.88. The van der Waals surface area contributed by atoms with Gasteiger partial charge in [-0.05, 0) is 60.7 Å². The van der Waals surface area contributed by atoms with Gasteiger partial charge >= 0.3 is 0 Å². The van der Waals surface area contributed by atoms with E-state index < -0.39 is 5.91 Å². The van der Waals surface area contributed by atoms with Gasteiger partial charge in [0, 0.05) is 33.7 Å². The molecule has 2 aromatic carbocycles. The first-order chi connectivity index (χ1) is 16.5. The van der Waals surface area contributed by atoms with Gasteiger partial charge in [0.15, 0.2) is 11.0 Å². The molecule has 9 nitrogen and oxygen atoms in total. The van der Waals surface area contributed by atoms with Crippen molar-refractivity contribution >= 4 is 39.5 Å². The Hall–Kier alpha value is -3.70. The highest BCUT2D eigenvalue weighted by Gasteiger charge is 2.18. The summed E-state index contributed by atoms with van der Waals surface area (Å²) in [6.07, 6.45) is 3.38. The highest BCUT2D eigenvalue weighted by molar-refractivity contribution is 9.10. The first-order valence-electron chi connectivity index (χ1n) is 10.0. The van der Waals surface area contributed by atoms with Crippen molar-refractivity contribution in [2.24, 2.45) is 0 Å². The van der Waals surface area contributed by atoms with Crippen molar-refractivity contribution < 1.29 is 14.3 Å². The van der Waals surface area contributed by atoms with Gasteiger partial charge in [-0.1, -0.05) is 27.7 Å². The quantitative estimate of drug-likeness (QED) is 0.273. The summed E-state index contributed by atoms with van der Waals surface area (Å²) >= 11 is 4.51. The van der Waals surface area contributed by atoms with E-state index >= 15 is 0 Å². The maximum atomic E-state index is 12.4. The van der Waals surface area contributed by atoms with Crippen molar-refractivity contribution in [2.75, 3.05) is 12.9 Å². The standard InChI is InChI=1S/C23H19BrN6O3S/c1-33-19-10-8-18(9-11-19)30-21(16-3-2-12-25-13-16)27-29-23(30)34-14-20(31)26-28-22(32)15-4-6-17(24)7-5-15/h2-13H,14H2,1H3,(H,26,31)(H,28,32). The molecule has 2 amide bonds. The molecule has 0 spiro atoms. The molecule has 4 rings (SSSR count). The van der Waals surface area contributed by atoms with Crippen molar-refractivity contribution in [3.63, 3.8) is 0 Å². The molecule has 4 aromatic rings. The molecule has 2 heterocycles. The lowest BCUT2D eigenvalue weighted by Crippen LogP contribution is -2.42. The maximum Gasteiger partial charge on any atom is 0.269 e. The molecule has 0 aliphatic rings. The molecule has 0 fully saturated rings. The molecule has 0 saturated heterocycles. The number of thioether (sulfide) groups is 1. The lowest BCUT2D eigenvalue weighted by atomic mass is 10.2. The average Bonchev–Trinajstić information content (AvgIpc) is 3.31. The second kappa shape index (κ2) is 10.9. The number of carbonyl (C=O) groups is 2. The van der Waals surface area contributed by atoms with Crippen LogP contribution in [0.15, 0.2) is 82.7 Å². The first kappa shape index (κ1) is 23.5. The Balaban J connectivity index is 1.48. The number of methoxy groups -OCH3 is 1. The van der Waals surface area contributed by atoms with Crippen molar-refractivity contribution in [3.8, 4) is 22.8 Å². The SMILES string of the molecule is COc1ccc(-n2c(SCC(=O)NNC(=O)c3ccc(Br)cc3)nnc2-c2cccnc2)cc1. The molecule has 0 saturated carbocycles. The topological polar surface area (TPSA) is 111 Å². The van der Waals surface area contributed by atoms with Gasteiger partial charge in [-0.15, -0.1) is 10.2 Å². The number of pyridine rings is 1. The average molecular weight is 539 g/mol. The molecular formula is C23H19BrN6O3S. The molecule has 0 radical (unpaired) electrons. The highest BCUT2D eigenvalue weighted by Crippen LogP contribution is 2.28. The molecule has 0 bridgehead atoms. The van der Waals surface area contributed by atoms with Crippen LogP contribution < -0.4 is 15.6 Å². The molecule has 172 valence electrons. The predicted molar refractivity (Wildman–Crippen MR) is 132 cm³/mol. The number of hydrogen-bond donors (Lipinski definition) is 2. The molecule has 0 atom stereocenters. The monoisotopic (exact) mass is 538 g/mol. The van der Waals surface area contributed by atoms with Crippen LogP contribution in [0.2, 0.25) is 0 Å². The fourth-order valence-corrected chi connectivity index (χ4v) is 3.99. The molecule has 0 aliphatic carbocycles. The minimum atomic E-state index is -0.411. The zero-order valence-corrected chi connectivity index (χ0v) is 20.3. The van der Waals surface area contributed by atoms with Crippen LogP contribution in [0.3, 0.4) is 0 Å². The molecule has 34 heavy (non-hydrogen) atoms. The van der Waals surface area contributed by atoms with Gasteiger partial charge in [0.1, 0.15) is 5.75 Å². The first-order valence-corrected chi connectivity index (χ1v) is 11.8. The zero-order chi connectivity index (χ0) is 23.9. The van der Waals surface area contributed by atoms with E-state index in [0.717, 1.165) is 21.5 Å². The number of carbonyl (C=O) groups excluding carboxylic acids is 2. The van der Waals surface area contributed by atoms with Gasteiger partial charge in [0.2, 0.25) is 5.91 Å². The van der Waals surface area contributed by atoms with Gasteiger partial charge in [0.05, 0.1) is 12.9 Å². The summed E-state index contributed by atoms with van der Waals surface area (Å²) in [6.45, 7) is 0. The van der Waals surface area contributed by atoms with E-state index in [1.807, 2.05) is 41.0 Å². The molecular weight excluding hydrogens is 520 g/mol. The Bertz CT molecular complexity index is 1280. The molecule has 2 aromatic heterocycles. The van der Waals surface area contributed by atoms with Gasteiger partial charge in [-0.2, -0.15) is 0 Å². The summed E-state index contributed by atoms with van der Waals surface area (Å²) in [7, 11) is 1.60. The van der Waals surface area contributed by atoms with Gasteiger partial charge in [-0.3, -0.25) is 30.0 Å². The molecule has 0 aliphatic heterocycles. The summed E-state index contributed by atoms with van der Waals surface area (Å²) in [5.74, 6) is 0.524. The molecule has 0 unspecified atom stereocenters. The number of aromatic nitrogens is 4. The number of benzene rings is 2. The van der Waals surface area contributed by atoms with E-state index in [9.17, 15) is 9.59 Å². The minimum Gasteiger partial charge on any atom is -0.497 e. The van der Waals surface area contributed by atoms with E-state index in [-0.39, 0.29) is 11.7 Å². The lowest BCUT2D eigenvalue weighted by molar-refractivity contribution is -0.119. The Morgan fingerprint density at radius 1 is 1.03 bits per heavy atom. The predicted octanol–water partition coefficient (Wildman–Crippen LogP) is 3.65. The van der Waals surface area contributed by atoms with Crippen molar-refractivity contribution in [2.45, 2.75) is 5.16 Å². The number of halogens is 1. The molecule has 11 heteroatoms. The van der Waals surface area contributed by atoms with E-state index in [0.29, 0.717) is 16.5 Å². The van der Waals surface area contributed by atoms with Crippen molar-refractivity contribution in [1.29, 1.82) is 0 Å². The Kier molecular flexibility index (Phi) is 7.55. The second-order valence-corrected chi connectivity index (χ2v) is 8.74. The Labute approximate surface area is 208 Å². The zero-order valence-electron chi connectivity index (χ0n) is 17.9. The highest BCUT2D eigenvalue weighted by atomic mass is 79.9. The number of ether oxygens (including phenoxy) is 1. The number of nitrogens with one attached hydrogen (secondary N) is 2. The fourth-order valence-electron chi connectivity index (χ4n) is 2.98. The summed E-state index contributed by atoms with van der Waals surface area (Å²) in [6, 6.07) is 17.9. The van der Waals surface area contributed by atoms with Crippen LogP contribution in [0, 0.1) is 0 Å². The summed E-state index contributed by atoms with van der Waals surface area (Å²) < 4.78 is 7.95. The van der Waals surface area contributed by atoms with Gasteiger partial charge < -0.3 is 4.74 Å². The van der Waals surface area contributed by atoms with E-state index in [1.54, 1.807) is 43.8 Å². The van der Waals surface area contributed by atoms with Crippen LogP contribution in [0.5, 0.6) is 5.75 Å². The van der Waals surface area contributed by atoms with E-state index in [4.69, 9.17) is 4.74 Å². The smallest absolute Gasteiger partial charge is 0.269 e. The van der Waals surface area contributed by atoms with Crippen LogP contribution in [0.4, 0.5) is 0 Å². The number of rotatable bonds is 7. The fraction of sp³-hybridized carbons (Fsp3) is 0.0870. The summed E-state index contributed by atoms with van der Waals surface area (Å²) in [5, 5.41) is 9.11. The van der Waals surface area contributed by atoms with Crippen LogP contribution in [0.25, 0.3) is 17.1 Å². The van der Waals surface area contributed by atoms with Crippen LogP contribution in [0.1, 0.15) is 10.4 Å². The minimum absolute atomic E-state index is 0.0158. The van der Waals surface area contributed by atoms with Crippen LogP contribution in [-0.2, 0) is 4.79 Å². The number of hydrazine groups is 1. The molecule has 2 N–H and O–H groups in total. The van der Waals surface area contributed by atoms with E-state index in [2.05, 4.69) is 42.0 Å². The summed E-state index contributed by atoms with van der Waals surface area (Å²) in [4.78, 5) is 28.7. The van der Waals surface area contributed by atoms with Crippen LogP contribution >= 0.6 is 27.7 Å². The number of amides is 2. The van der Waals surface area contributed by atoms with Gasteiger partial charge in [-0.25, -0.2) is 0 Å². The maximum absolute atomic E-state index is 12.4. The summed E-state index contributed by atoms with van der Waals surface area (Å²) in [5.41, 5.74) is 6.85. The largest absolute Gasteiger partial charge is 0.497 e. The third-order valence-corrected chi connectivity index (χ3v) is 6.10. The third kappa shape index (κ3) is 5.61. The van der Waals surface area contributed by atoms with Gasteiger partial charge in [0.25, 0.3) is 5.91 Å². The number of nitrogens with zero attached hydrogens (tertiary/aromatic N) is 4. The van der Waals surface area contributed by atoms with Crippen molar-refractivity contribution in [3.05, 3.63) is 83.1 Å².